The number of halogens is 1. The molecule has 1 aromatic rings. The number of amides is 2. The Morgan fingerprint density at radius 1 is 1.08 bits per heavy atom. The highest BCUT2D eigenvalue weighted by Gasteiger charge is 2.33. The molecule has 6 heteroatoms. The molecule has 1 fully saturated rings. The number of nitrogens with two attached hydrogens (primary N) is 1. The topological polar surface area (TPSA) is 84.2 Å². The van der Waals surface area contributed by atoms with Crippen LogP contribution in [0.25, 0.3) is 0 Å². The van der Waals surface area contributed by atoms with Crippen LogP contribution in [0.3, 0.4) is 0 Å². The summed E-state index contributed by atoms with van der Waals surface area (Å²) < 4.78 is 0. The molecule has 1 saturated carbocycles. The lowest BCUT2D eigenvalue weighted by Gasteiger charge is -2.35. The Morgan fingerprint density at radius 3 is 2.19 bits per heavy atom. The Balaban J connectivity index is 0.00000338. The Kier molecular flexibility index (Phi) is 9.09. The lowest BCUT2D eigenvalue weighted by atomic mass is 9.71. The van der Waals surface area contributed by atoms with Crippen molar-refractivity contribution in [3.63, 3.8) is 0 Å². The van der Waals surface area contributed by atoms with Gasteiger partial charge in [-0.1, -0.05) is 32.3 Å². The highest BCUT2D eigenvalue weighted by molar-refractivity contribution is 5.96. The second kappa shape index (κ2) is 10.5. The summed E-state index contributed by atoms with van der Waals surface area (Å²) in [5.41, 5.74) is 8.32. The van der Waals surface area contributed by atoms with Crippen molar-refractivity contribution >= 4 is 35.6 Å². The molecule has 0 aromatic heterocycles. The second-order valence-electron chi connectivity index (χ2n) is 7.27. The van der Waals surface area contributed by atoms with Crippen LogP contribution in [0.5, 0.6) is 0 Å². The van der Waals surface area contributed by atoms with E-state index in [-0.39, 0.29) is 29.6 Å². The zero-order valence-corrected chi connectivity index (χ0v) is 16.7. The molecule has 0 atom stereocenters. The van der Waals surface area contributed by atoms with Crippen molar-refractivity contribution in [1.29, 1.82) is 0 Å². The molecular weight excluding hydrogens is 350 g/mol. The summed E-state index contributed by atoms with van der Waals surface area (Å²) in [6, 6.07) is 5.59. The highest BCUT2D eigenvalue weighted by atomic mass is 35.5. The fraction of sp³-hybridized carbons (Fsp3) is 0.600. The highest BCUT2D eigenvalue weighted by Crippen LogP contribution is 2.38. The molecule has 2 rings (SSSR count). The molecule has 4 N–H and O–H groups in total. The predicted octanol–water partition coefficient (Wildman–Crippen LogP) is 4.39. The SMILES string of the molecule is CCCC(=O)Nc1cccc(NC(=O)CC2(CN)CCCCC2)c1C.Cl. The van der Waals surface area contributed by atoms with E-state index < -0.39 is 0 Å². The molecule has 5 nitrogen and oxygen atoms in total. The molecule has 1 aromatic carbocycles. The van der Waals surface area contributed by atoms with Gasteiger partial charge in [0.1, 0.15) is 0 Å². The molecule has 0 heterocycles. The minimum absolute atomic E-state index is 0. The summed E-state index contributed by atoms with van der Waals surface area (Å²) in [5.74, 6) is 0.00542. The molecule has 146 valence electrons. The van der Waals surface area contributed by atoms with Gasteiger partial charge >= 0.3 is 0 Å². The van der Waals surface area contributed by atoms with Crippen LogP contribution < -0.4 is 16.4 Å². The van der Waals surface area contributed by atoms with Gasteiger partial charge in [0.15, 0.2) is 0 Å². The number of benzene rings is 1. The average Bonchev–Trinajstić information content (AvgIpc) is 2.59. The maximum absolute atomic E-state index is 12.6. The molecule has 0 saturated heterocycles. The largest absolute Gasteiger partial charge is 0.330 e. The first-order valence-corrected chi connectivity index (χ1v) is 9.39. The number of anilines is 2. The van der Waals surface area contributed by atoms with E-state index in [9.17, 15) is 9.59 Å². The Labute approximate surface area is 162 Å². The third-order valence-electron chi connectivity index (χ3n) is 5.24. The number of hydrogen-bond acceptors (Lipinski definition) is 3. The molecule has 26 heavy (non-hydrogen) atoms. The number of nitrogens with one attached hydrogen (secondary N) is 2. The molecule has 2 amide bonds. The number of carbonyl (C=O) groups excluding carboxylic acids is 2. The molecule has 0 spiro atoms. The summed E-state index contributed by atoms with van der Waals surface area (Å²) in [4.78, 5) is 24.4. The van der Waals surface area contributed by atoms with E-state index in [0.29, 0.717) is 19.4 Å². The van der Waals surface area contributed by atoms with E-state index in [1.165, 1.54) is 6.42 Å². The van der Waals surface area contributed by atoms with Crippen LogP contribution in [-0.2, 0) is 9.59 Å². The molecule has 0 bridgehead atoms. The minimum atomic E-state index is -0.0524. The summed E-state index contributed by atoms with van der Waals surface area (Å²) in [6.07, 6.45) is 7.38. The first-order valence-electron chi connectivity index (χ1n) is 9.39. The van der Waals surface area contributed by atoms with Gasteiger partial charge in [-0.25, -0.2) is 0 Å². The Hall–Kier alpha value is -1.59. The average molecular weight is 382 g/mol. The van der Waals surface area contributed by atoms with E-state index in [0.717, 1.165) is 49.0 Å². The monoisotopic (exact) mass is 381 g/mol. The maximum Gasteiger partial charge on any atom is 0.224 e. The summed E-state index contributed by atoms with van der Waals surface area (Å²) in [5, 5.41) is 5.93. The summed E-state index contributed by atoms with van der Waals surface area (Å²) >= 11 is 0. The van der Waals surface area contributed by atoms with Crippen molar-refractivity contribution in [2.24, 2.45) is 11.1 Å². The van der Waals surface area contributed by atoms with Gasteiger partial charge < -0.3 is 16.4 Å². The van der Waals surface area contributed by atoms with E-state index in [1.807, 2.05) is 32.0 Å². The van der Waals surface area contributed by atoms with Gasteiger partial charge in [0, 0.05) is 24.2 Å². The third kappa shape index (κ3) is 5.99. The molecule has 0 unspecified atom stereocenters. The minimum Gasteiger partial charge on any atom is -0.330 e. The normalized spacial score (nSPS) is 15.7. The van der Waals surface area contributed by atoms with Crippen LogP contribution in [0.4, 0.5) is 11.4 Å². The van der Waals surface area contributed by atoms with Gasteiger partial charge in [-0.3, -0.25) is 9.59 Å². The quantitative estimate of drug-likeness (QED) is 0.654. The fourth-order valence-corrected chi connectivity index (χ4v) is 3.64. The van der Waals surface area contributed by atoms with E-state index in [1.54, 1.807) is 0 Å². The molecule has 1 aliphatic rings. The Morgan fingerprint density at radius 2 is 1.65 bits per heavy atom. The lowest BCUT2D eigenvalue weighted by Crippen LogP contribution is -2.36. The van der Waals surface area contributed by atoms with Crippen molar-refractivity contribution in [3.05, 3.63) is 23.8 Å². The second-order valence-corrected chi connectivity index (χ2v) is 7.27. The van der Waals surface area contributed by atoms with Crippen LogP contribution in [0.2, 0.25) is 0 Å². The third-order valence-corrected chi connectivity index (χ3v) is 5.24. The van der Waals surface area contributed by atoms with Crippen LogP contribution in [-0.4, -0.2) is 18.4 Å². The molecule has 0 radical (unpaired) electrons. The zero-order valence-electron chi connectivity index (χ0n) is 15.9. The lowest BCUT2D eigenvalue weighted by molar-refractivity contribution is -0.119. The van der Waals surface area contributed by atoms with Gasteiger partial charge in [0.25, 0.3) is 0 Å². The van der Waals surface area contributed by atoms with E-state index >= 15 is 0 Å². The standard InChI is InChI=1S/C20H31N3O2.ClH/c1-3-8-18(24)22-16-9-7-10-17(15(16)2)23-19(25)13-20(14-21)11-5-4-6-12-20;/h7,9-10H,3-6,8,11-14,21H2,1-2H3,(H,22,24)(H,23,25);1H. The zero-order chi connectivity index (χ0) is 18.3. The van der Waals surface area contributed by atoms with Gasteiger partial charge in [-0.2, -0.15) is 0 Å². The van der Waals surface area contributed by atoms with Crippen molar-refractivity contribution in [1.82, 2.24) is 0 Å². The van der Waals surface area contributed by atoms with Crippen molar-refractivity contribution in [3.8, 4) is 0 Å². The number of hydrogen-bond donors (Lipinski definition) is 3. The molecule has 1 aliphatic carbocycles. The maximum atomic E-state index is 12.6. The van der Waals surface area contributed by atoms with Gasteiger partial charge in [0.2, 0.25) is 11.8 Å². The van der Waals surface area contributed by atoms with E-state index in [2.05, 4.69) is 10.6 Å². The van der Waals surface area contributed by atoms with Crippen LogP contribution in [0, 0.1) is 12.3 Å². The smallest absolute Gasteiger partial charge is 0.224 e. The van der Waals surface area contributed by atoms with Crippen LogP contribution in [0.15, 0.2) is 18.2 Å². The van der Waals surface area contributed by atoms with Crippen molar-refractivity contribution in [2.45, 2.75) is 65.2 Å². The van der Waals surface area contributed by atoms with Crippen molar-refractivity contribution < 1.29 is 9.59 Å². The van der Waals surface area contributed by atoms with Gasteiger partial charge in [0.05, 0.1) is 0 Å². The number of carbonyl (C=O) groups is 2. The van der Waals surface area contributed by atoms with E-state index in [4.69, 9.17) is 5.73 Å². The molecule has 0 aliphatic heterocycles. The Bertz CT molecular complexity index is 613. The fourth-order valence-electron chi connectivity index (χ4n) is 3.64. The first kappa shape index (κ1) is 22.5. The van der Waals surface area contributed by atoms with Crippen LogP contribution in [0.1, 0.15) is 63.9 Å². The van der Waals surface area contributed by atoms with Crippen molar-refractivity contribution in [2.75, 3.05) is 17.2 Å². The first-order chi connectivity index (χ1) is 12.0. The number of rotatable bonds is 7. The van der Waals surface area contributed by atoms with Gasteiger partial charge in [-0.05, 0) is 55.8 Å². The van der Waals surface area contributed by atoms with Crippen LogP contribution >= 0.6 is 12.4 Å². The van der Waals surface area contributed by atoms with Gasteiger partial charge in [-0.15, -0.1) is 12.4 Å². The molecular formula is C20H32ClN3O2. The predicted molar refractivity (Wildman–Crippen MR) is 110 cm³/mol. The summed E-state index contributed by atoms with van der Waals surface area (Å²) in [7, 11) is 0. The summed E-state index contributed by atoms with van der Waals surface area (Å²) in [6.45, 7) is 4.45.